The van der Waals surface area contributed by atoms with Gasteiger partial charge in [-0.05, 0) is 43.2 Å². The van der Waals surface area contributed by atoms with Crippen molar-refractivity contribution < 1.29 is 14.3 Å². The number of hydrogen-bond acceptors (Lipinski definition) is 3. The van der Waals surface area contributed by atoms with Crippen LogP contribution in [-0.2, 0) is 6.42 Å². The van der Waals surface area contributed by atoms with E-state index in [1.807, 2.05) is 24.3 Å². The van der Waals surface area contributed by atoms with Crippen LogP contribution in [-0.4, -0.2) is 19.0 Å². The molecule has 0 aliphatic rings. The average molecular weight is 298 g/mol. The van der Waals surface area contributed by atoms with Crippen LogP contribution in [0.3, 0.4) is 0 Å². The number of ketones is 1. The van der Waals surface area contributed by atoms with E-state index < -0.39 is 0 Å². The quantitative estimate of drug-likeness (QED) is 0.538. The molecule has 3 nitrogen and oxygen atoms in total. The van der Waals surface area contributed by atoms with Crippen LogP contribution in [0.2, 0.25) is 0 Å². The summed E-state index contributed by atoms with van der Waals surface area (Å²) in [6.45, 7) is 4.86. The smallest absolute Gasteiger partial charge is 0.159 e. The minimum absolute atomic E-state index is 0.0457. The minimum atomic E-state index is 0.0457. The van der Waals surface area contributed by atoms with Crippen molar-refractivity contribution in [1.82, 2.24) is 0 Å². The first kappa shape index (κ1) is 16.1. The predicted octanol–water partition coefficient (Wildman–Crippen LogP) is 4.30. The van der Waals surface area contributed by atoms with Crippen LogP contribution in [0.1, 0.15) is 36.2 Å². The number of ether oxygens (including phenoxy) is 2. The Morgan fingerprint density at radius 3 is 2.27 bits per heavy atom. The Morgan fingerprint density at radius 2 is 1.64 bits per heavy atom. The van der Waals surface area contributed by atoms with Crippen molar-refractivity contribution in [2.75, 3.05) is 13.2 Å². The van der Waals surface area contributed by atoms with Crippen molar-refractivity contribution in [2.24, 2.45) is 0 Å². The fourth-order valence-electron chi connectivity index (χ4n) is 2.07. The molecule has 116 valence electrons. The summed E-state index contributed by atoms with van der Waals surface area (Å²) < 4.78 is 11.3. The second-order valence-corrected chi connectivity index (χ2v) is 5.13. The van der Waals surface area contributed by atoms with Gasteiger partial charge < -0.3 is 9.47 Å². The fourth-order valence-corrected chi connectivity index (χ4v) is 2.07. The Morgan fingerprint density at radius 1 is 0.955 bits per heavy atom. The second kappa shape index (κ2) is 8.23. The highest BCUT2D eigenvalue weighted by molar-refractivity contribution is 5.94. The molecular weight excluding hydrogens is 276 g/mol. The zero-order valence-corrected chi connectivity index (χ0v) is 13.2. The maximum Gasteiger partial charge on any atom is 0.159 e. The van der Waals surface area contributed by atoms with E-state index in [2.05, 4.69) is 19.1 Å². The van der Waals surface area contributed by atoms with E-state index >= 15 is 0 Å². The lowest BCUT2D eigenvalue weighted by Gasteiger charge is -2.09. The summed E-state index contributed by atoms with van der Waals surface area (Å²) in [7, 11) is 0. The maximum absolute atomic E-state index is 11.3. The third-order valence-corrected chi connectivity index (χ3v) is 3.40. The zero-order chi connectivity index (χ0) is 15.8. The lowest BCUT2D eigenvalue weighted by atomic mass is 10.1. The van der Waals surface area contributed by atoms with Crippen LogP contribution in [0.4, 0.5) is 0 Å². The summed E-state index contributed by atoms with van der Waals surface area (Å²) in [6, 6.07) is 15.4. The van der Waals surface area contributed by atoms with Gasteiger partial charge in [-0.2, -0.15) is 0 Å². The summed E-state index contributed by atoms with van der Waals surface area (Å²) in [5, 5.41) is 0. The third kappa shape index (κ3) is 4.92. The van der Waals surface area contributed by atoms with E-state index in [1.165, 1.54) is 5.56 Å². The van der Waals surface area contributed by atoms with Gasteiger partial charge in [-0.25, -0.2) is 0 Å². The van der Waals surface area contributed by atoms with E-state index in [9.17, 15) is 4.79 Å². The molecule has 0 unspecified atom stereocenters. The summed E-state index contributed by atoms with van der Waals surface area (Å²) in [6.07, 6.45) is 1.83. The highest BCUT2D eigenvalue weighted by Gasteiger charge is 2.01. The van der Waals surface area contributed by atoms with Gasteiger partial charge in [-0.15, -0.1) is 0 Å². The van der Waals surface area contributed by atoms with E-state index in [0.29, 0.717) is 18.8 Å². The van der Waals surface area contributed by atoms with Gasteiger partial charge in [0.25, 0.3) is 0 Å². The lowest BCUT2D eigenvalue weighted by molar-refractivity contribution is 0.101. The van der Waals surface area contributed by atoms with E-state index in [0.717, 1.165) is 24.3 Å². The predicted molar refractivity (Wildman–Crippen MR) is 87.9 cm³/mol. The number of aryl methyl sites for hydroxylation is 1. The van der Waals surface area contributed by atoms with Gasteiger partial charge in [0.05, 0.1) is 13.2 Å². The molecule has 0 amide bonds. The zero-order valence-electron chi connectivity index (χ0n) is 13.2. The van der Waals surface area contributed by atoms with Crippen molar-refractivity contribution in [1.29, 1.82) is 0 Å². The molecule has 0 spiro atoms. The van der Waals surface area contributed by atoms with Gasteiger partial charge >= 0.3 is 0 Å². The molecule has 0 saturated heterocycles. The number of Topliss-reactive ketones (excluding diaryl/α,β-unsaturated/α-hetero) is 1. The number of benzene rings is 2. The molecule has 0 radical (unpaired) electrons. The van der Waals surface area contributed by atoms with E-state index in [-0.39, 0.29) is 5.78 Å². The molecule has 0 atom stereocenters. The summed E-state index contributed by atoms with van der Waals surface area (Å²) >= 11 is 0. The van der Waals surface area contributed by atoms with E-state index in [4.69, 9.17) is 9.47 Å². The Balaban J connectivity index is 1.70. The molecule has 2 aromatic rings. The normalized spacial score (nSPS) is 10.3. The molecule has 22 heavy (non-hydrogen) atoms. The Bertz CT molecular complexity index is 602. The highest BCUT2D eigenvalue weighted by atomic mass is 16.5. The third-order valence-electron chi connectivity index (χ3n) is 3.40. The van der Waals surface area contributed by atoms with Crippen LogP contribution < -0.4 is 9.47 Å². The standard InChI is InChI=1S/C19H22O3/c1-3-16-8-10-18(11-9-16)21-12-5-13-22-19-7-4-6-17(14-19)15(2)20/h4,6-11,14H,3,5,12-13H2,1-2H3. The summed E-state index contributed by atoms with van der Waals surface area (Å²) in [5.41, 5.74) is 1.98. The molecule has 0 bridgehead atoms. The fraction of sp³-hybridized carbons (Fsp3) is 0.316. The van der Waals surface area contributed by atoms with Gasteiger partial charge in [-0.1, -0.05) is 31.2 Å². The van der Waals surface area contributed by atoms with Crippen LogP contribution in [0.25, 0.3) is 0 Å². The number of hydrogen-bond donors (Lipinski definition) is 0. The highest BCUT2D eigenvalue weighted by Crippen LogP contribution is 2.15. The van der Waals surface area contributed by atoms with Gasteiger partial charge in [0.15, 0.2) is 5.78 Å². The number of carbonyl (C=O) groups is 1. The van der Waals surface area contributed by atoms with Gasteiger partial charge in [-0.3, -0.25) is 4.79 Å². The van der Waals surface area contributed by atoms with Gasteiger partial charge in [0, 0.05) is 12.0 Å². The van der Waals surface area contributed by atoms with Crippen molar-refractivity contribution in [3.8, 4) is 11.5 Å². The van der Waals surface area contributed by atoms with Crippen LogP contribution >= 0.6 is 0 Å². The largest absolute Gasteiger partial charge is 0.493 e. The Kier molecular flexibility index (Phi) is 6.01. The van der Waals surface area contributed by atoms with Crippen LogP contribution in [0.5, 0.6) is 11.5 Å². The van der Waals surface area contributed by atoms with Gasteiger partial charge in [0.2, 0.25) is 0 Å². The summed E-state index contributed by atoms with van der Waals surface area (Å²) in [4.78, 5) is 11.3. The Labute approximate surface area is 131 Å². The summed E-state index contributed by atoms with van der Waals surface area (Å²) in [5.74, 6) is 1.65. The first-order valence-electron chi connectivity index (χ1n) is 7.64. The lowest BCUT2D eigenvalue weighted by Crippen LogP contribution is -2.05. The molecule has 0 saturated carbocycles. The number of carbonyl (C=O) groups excluding carboxylic acids is 1. The van der Waals surface area contributed by atoms with Crippen LogP contribution in [0, 0.1) is 0 Å². The maximum atomic E-state index is 11.3. The van der Waals surface area contributed by atoms with Crippen LogP contribution in [0.15, 0.2) is 48.5 Å². The molecule has 0 aliphatic heterocycles. The molecule has 3 heteroatoms. The second-order valence-electron chi connectivity index (χ2n) is 5.13. The number of rotatable bonds is 8. The van der Waals surface area contributed by atoms with Crippen molar-refractivity contribution in [3.63, 3.8) is 0 Å². The average Bonchev–Trinajstić information content (AvgIpc) is 2.55. The van der Waals surface area contributed by atoms with Crippen molar-refractivity contribution in [2.45, 2.75) is 26.7 Å². The first-order valence-corrected chi connectivity index (χ1v) is 7.64. The minimum Gasteiger partial charge on any atom is -0.493 e. The molecule has 2 aromatic carbocycles. The molecule has 0 heterocycles. The molecule has 0 aromatic heterocycles. The van der Waals surface area contributed by atoms with E-state index in [1.54, 1.807) is 19.1 Å². The first-order chi connectivity index (χ1) is 10.7. The molecule has 0 aliphatic carbocycles. The Hall–Kier alpha value is -2.29. The van der Waals surface area contributed by atoms with Crippen molar-refractivity contribution in [3.05, 3.63) is 59.7 Å². The van der Waals surface area contributed by atoms with Gasteiger partial charge in [0.1, 0.15) is 11.5 Å². The molecule has 0 fully saturated rings. The molecule has 2 rings (SSSR count). The SMILES string of the molecule is CCc1ccc(OCCCOc2cccc(C(C)=O)c2)cc1. The molecular formula is C19H22O3. The monoisotopic (exact) mass is 298 g/mol. The molecule has 0 N–H and O–H groups in total. The van der Waals surface area contributed by atoms with Crippen molar-refractivity contribution >= 4 is 5.78 Å². The topological polar surface area (TPSA) is 35.5 Å².